The van der Waals surface area contributed by atoms with E-state index in [2.05, 4.69) is 23.8 Å². The Hall–Kier alpha value is -0.0800. The van der Waals surface area contributed by atoms with Crippen molar-refractivity contribution in [2.75, 3.05) is 39.8 Å². The lowest BCUT2D eigenvalue weighted by molar-refractivity contribution is 0.280. The van der Waals surface area contributed by atoms with Crippen molar-refractivity contribution in [2.24, 2.45) is 0 Å². The molecule has 11 heavy (non-hydrogen) atoms. The molecule has 0 bridgehead atoms. The molecular formula is C9H19N2. The molecule has 1 fully saturated rings. The summed E-state index contributed by atoms with van der Waals surface area (Å²) in [6.45, 7) is 10.0. The predicted molar refractivity (Wildman–Crippen MR) is 48.5 cm³/mol. The van der Waals surface area contributed by atoms with Crippen molar-refractivity contribution in [2.45, 2.75) is 12.8 Å². The highest BCUT2D eigenvalue weighted by Crippen LogP contribution is 2.00. The van der Waals surface area contributed by atoms with Crippen LogP contribution >= 0.6 is 0 Å². The highest BCUT2D eigenvalue weighted by Gasteiger charge is 2.09. The average molecular weight is 155 g/mol. The van der Waals surface area contributed by atoms with E-state index in [1.165, 1.54) is 39.1 Å². The minimum absolute atomic E-state index is 1.05. The van der Waals surface area contributed by atoms with Gasteiger partial charge in [-0.2, -0.15) is 0 Å². The van der Waals surface area contributed by atoms with Crippen LogP contribution in [-0.2, 0) is 0 Å². The van der Waals surface area contributed by atoms with Crippen molar-refractivity contribution >= 4 is 0 Å². The molecule has 0 aromatic rings. The van der Waals surface area contributed by atoms with E-state index in [-0.39, 0.29) is 0 Å². The second-order valence-electron chi connectivity index (χ2n) is 3.35. The highest BCUT2D eigenvalue weighted by atomic mass is 15.2. The number of likely N-dealkylation sites (N-methyl/N-ethyl adjacent to an activating group) is 1. The van der Waals surface area contributed by atoms with E-state index >= 15 is 0 Å². The summed E-state index contributed by atoms with van der Waals surface area (Å²) in [7, 11) is 2.20. The normalized spacial score (nSPS) is 23.5. The molecule has 65 valence electrons. The van der Waals surface area contributed by atoms with Crippen LogP contribution in [0, 0.1) is 6.92 Å². The van der Waals surface area contributed by atoms with Crippen LogP contribution in [0.15, 0.2) is 0 Å². The summed E-state index contributed by atoms with van der Waals surface area (Å²) in [5.74, 6) is 0. The van der Waals surface area contributed by atoms with Crippen LogP contribution in [-0.4, -0.2) is 49.6 Å². The summed E-state index contributed by atoms with van der Waals surface area (Å²) in [5, 5.41) is 0. The molecule has 0 N–H and O–H groups in total. The Balaban J connectivity index is 2.22. The minimum Gasteiger partial charge on any atom is -0.305 e. The van der Waals surface area contributed by atoms with Gasteiger partial charge in [0.1, 0.15) is 0 Å². The van der Waals surface area contributed by atoms with Gasteiger partial charge in [0.05, 0.1) is 0 Å². The second kappa shape index (κ2) is 4.73. The van der Waals surface area contributed by atoms with Crippen molar-refractivity contribution < 1.29 is 0 Å². The molecule has 0 unspecified atom stereocenters. The minimum atomic E-state index is 1.05. The van der Waals surface area contributed by atoms with Crippen LogP contribution in [0.25, 0.3) is 0 Å². The Kier molecular flexibility index (Phi) is 3.87. The molecule has 0 atom stereocenters. The van der Waals surface area contributed by atoms with Crippen molar-refractivity contribution in [3.63, 3.8) is 0 Å². The number of rotatable bonds is 2. The van der Waals surface area contributed by atoms with Gasteiger partial charge in [-0.25, -0.2) is 0 Å². The lowest BCUT2D eigenvalue weighted by Gasteiger charge is -2.18. The Morgan fingerprint density at radius 3 is 2.73 bits per heavy atom. The zero-order chi connectivity index (χ0) is 8.10. The second-order valence-corrected chi connectivity index (χ2v) is 3.35. The number of nitrogens with zero attached hydrogens (tertiary/aromatic N) is 2. The first kappa shape index (κ1) is 9.01. The Bertz CT molecular complexity index is 104. The van der Waals surface area contributed by atoms with Crippen LogP contribution < -0.4 is 0 Å². The standard InChI is InChI=1S/C9H19N2/c1-3-5-11-7-4-6-10(2)8-9-11/h1,3-9H2,2H3. The molecule has 0 amide bonds. The molecule has 0 spiro atoms. The molecule has 2 heteroatoms. The lowest BCUT2D eigenvalue weighted by Crippen LogP contribution is -2.29. The average Bonchev–Trinajstić information content (AvgIpc) is 2.17. The van der Waals surface area contributed by atoms with Crippen LogP contribution in [0.5, 0.6) is 0 Å². The van der Waals surface area contributed by atoms with E-state index in [1.807, 2.05) is 0 Å². The molecule has 0 aromatic heterocycles. The molecule has 1 saturated heterocycles. The van der Waals surface area contributed by atoms with Crippen LogP contribution in [0.2, 0.25) is 0 Å². The lowest BCUT2D eigenvalue weighted by atomic mass is 10.3. The summed E-state index contributed by atoms with van der Waals surface area (Å²) >= 11 is 0. The van der Waals surface area contributed by atoms with Gasteiger partial charge in [0, 0.05) is 13.1 Å². The first-order valence-electron chi connectivity index (χ1n) is 4.53. The van der Waals surface area contributed by atoms with E-state index in [4.69, 9.17) is 0 Å². The van der Waals surface area contributed by atoms with E-state index in [9.17, 15) is 0 Å². The van der Waals surface area contributed by atoms with Crippen LogP contribution in [0.4, 0.5) is 0 Å². The Morgan fingerprint density at radius 1 is 1.18 bits per heavy atom. The summed E-state index contributed by atoms with van der Waals surface area (Å²) in [6, 6.07) is 0. The van der Waals surface area contributed by atoms with Gasteiger partial charge in [-0.1, -0.05) is 6.92 Å². The topological polar surface area (TPSA) is 6.48 Å². The third-order valence-electron chi connectivity index (χ3n) is 2.29. The molecule has 0 saturated carbocycles. The van der Waals surface area contributed by atoms with E-state index in [1.54, 1.807) is 0 Å². The van der Waals surface area contributed by atoms with E-state index in [0.717, 1.165) is 6.42 Å². The number of hydrogen-bond donors (Lipinski definition) is 0. The molecule has 2 nitrogen and oxygen atoms in total. The van der Waals surface area contributed by atoms with E-state index in [0.29, 0.717) is 0 Å². The predicted octanol–water partition coefficient (Wildman–Crippen LogP) is 0.848. The van der Waals surface area contributed by atoms with Gasteiger partial charge in [-0.05, 0) is 39.5 Å². The fourth-order valence-corrected chi connectivity index (χ4v) is 1.55. The molecule has 1 aliphatic rings. The Morgan fingerprint density at radius 2 is 2.00 bits per heavy atom. The van der Waals surface area contributed by atoms with Crippen LogP contribution in [0.1, 0.15) is 12.8 Å². The third kappa shape index (κ3) is 3.21. The van der Waals surface area contributed by atoms with Gasteiger partial charge in [0.25, 0.3) is 0 Å². The number of hydrogen-bond acceptors (Lipinski definition) is 2. The molecule has 0 aromatic carbocycles. The van der Waals surface area contributed by atoms with Gasteiger partial charge >= 0.3 is 0 Å². The summed E-state index contributed by atoms with van der Waals surface area (Å²) < 4.78 is 0. The highest BCUT2D eigenvalue weighted by molar-refractivity contribution is 4.67. The molecule has 1 rings (SSSR count). The van der Waals surface area contributed by atoms with Crippen molar-refractivity contribution in [3.05, 3.63) is 6.92 Å². The fraction of sp³-hybridized carbons (Fsp3) is 0.889. The van der Waals surface area contributed by atoms with Crippen molar-refractivity contribution in [1.82, 2.24) is 9.80 Å². The SMILES string of the molecule is [CH2]CCN1CCCN(C)CC1. The first-order valence-corrected chi connectivity index (χ1v) is 4.53. The van der Waals surface area contributed by atoms with Gasteiger partial charge in [-0.3, -0.25) is 0 Å². The molecule has 1 aliphatic heterocycles. The zero-order valence-electron chi connectivity index (χ0n) is 7.55. The first-order chi connectivity index (χ1) is 5.33. The maximum Gasteiger partial charge on any atom is 0.0109 e. The monoisotopic (exact) mass is 155 g/mol. The largest absolute Gasteiger partial charge is 0.305 e. The third-order valence-corrected chi connectivity index (χ3v) is 2.29. The Labute approximate surface area is 70.2 Å². The maximum absolute atomic E-state index is 3.87. The molecule has 0 aliphatic carbocycles. The zero-order valence-corrected chi connectivity index (χ0v) is 7.55. The molecule has 1 radical (unpaired) electrons. The quantitative estimate of drug-likeness (QED) is 0.583. The summed E-state index contributed by atoms with van der Waals surface area (Å²) in [5.41, 5.74) is 0. The van der Waals surface area contributed by atoms with Gasteiger partial charge in [0.15, 0.2) is 0 Å². The molecular weight excluding hydrogens is 136 g/mol. The summed E-state index contributed by atoms with van der Waals surface area (Å²) in [4.78, 5) is 4.92. The summed E-state index contributed by atoms with van der Waals surface area (Å²) in [6.07, 6.45) is 2.36. The van der Waals surface area contributed by atoms with Gasteiger partial charge in [0.2, 0.25) is 0 Å². The van der Waals surface area contributed by atoms with Crippen molar-refractivity contribution in [3.8, 4) is 0 Å². The molecule has 1 heterocycles. The smallest absolute Gasteiger partial charge is 0.0109 e. The van der Waals surface area contributed by atoms with Crippen LogP contribution in [0.3, 0.4) is 0 Å². The van der Waals surface area contributed by atoms with Gasteiger partial charge < -0.3 is 9.80 Å². The maximum atomic E-state index is 3.87. The fourth-order valence-electron chi connectivity index (χ4n) is 1.55. The van der Waals surface area contributed by atoms with E-state index < -0.39 is 0 Å². The van der Waals surface area contributed by atoms with Gasteiger partial charge in [-0.15, -0.1) is 0 Å². The van der Waals surface area contributed by atoms with Crippen molar-refractivity contribution in [1.29, 1.82) is 0 Å².